The van der Waals surface area contributed by atoms with Crippen LogP contribution in [0.1, 0.15) is 26.5 Å². The van der Waals surface area contributed by atoms with Gasteiger partial charge in [0.1, 0.15) is 17.0 Å². The molecule has 1 N–H and O–H groups in total. The number of carbonyl (C=O) groups is 2. The highest BCUT2D eigenvalue weighted by Gasteiger charge is 2.29. The Morgan fingerprint density at radius 2 is 1.57 bits per heavy atom. The molecule has 0 atom stereocenters. The minimum absolute atomic E-state index is 0.150. The standard InChI is InChI=1S/C28H27N3O4/c1-19-11-13-20(14-12-19)27(32)29-25-21-7-3-5-9-23(21)35-26(25)28(33)31-17-15-30(16-18-31)22-8-4-6-10-24(22)34-2/h3-14H,15-18H2,1-2H3,(H,29,32). The summed E-state index contributed by atoms with van der Waals surface area (Å²) in [6, 6.07) is 22.5. The molecule has 1 fully saturated rings. The third-order valence-corrected chi connectivity index (χ3v) is 6.33. The van der Waals surface area contributed by atoms with Crippen molar-refractivity contribution in [2.75, 3.05) is 43.5 Å². The molecule has 7 heteroatoms. The van der Waals surface area contributed by atoms with Crippen LogP contribution in [-0.2, 0) is 0 Å². The van der Waals surface area contributed by atoms with Crippen molar-refractivity contribution in [2.24, 2.45) is 0 Å². The van der Waals surface area contributed by atoms with Gasteiger partial charge in [-0.2, -0.15) is 0 Å². The first-order valence-corrected chi connectivity index (χ1v) is 11.6. The van der Waals surface area contributed by atoms with E-state index in [1.807, 2.05) is 61.5 Å². The molecular weight excluding hydrogens is 442 g/mol. The predicted molar refractivity (Wildman–Crippen MR) is 136 cm³/mol. The molecule has 0 radical (unpaired) electrons. The number of fused-ring (bicyclic) bond motifs is 1. The summed E-state index contributed by atoms with van der Waals surface area (Å²) < 4.78 is 11.5. The van der Waals surface area contributed by atoms with Gasteiger partial charge in [0.25, 0.3) is 11.8 Å². The van der Waals surface area contributed by atoms with E-state index in [0.717, 1.165) is 17.0 Å². The van der Waals surface area contributed by atoms with Gasteiger partial charge in [-0.25, -0.2) is 0 Å². The molecule has 178 valence electrons. The van der Waals surface area contributed by atoms with Crippen molar-refractivity contribution in [1.82, 2.24) is 4.90 Å². The van der Waals surface area contributed by atoms with Gasteiger partial charge >= 0.3 is 0 Å². The Balaban J connectivity index is 1.38. The lowest BCUT2D eigenvalue weighted by Gasteiger charge is -2.36. The molecular formula is C28H27N3O4. The average Bonchev–Trinajstić information content (AvgIpc) is 3.27. The number of rotatable bonds is 5. The number of carbonyl (C=O) groups excluding carboxylic acids is 2. The van der Waals surface area contributed by atoms with E-state index in [1.165, 1.54) is 0 Å². The average molecular weight is 470 g/mol. The molecule has 0 unspecified atom stereocenters. The molecule has 1 aliphatic rings. The lowest BCUT2D eigenvalue weighted by molar-refractivity contribution is 0.0718. The van der Waals surface area contributed by atoms with Gasteiger partial charge in [-0.1, -0.05) is 42.0 Å². The molecule has 35 heavy (non-hydrogen) atoms. The SMILES string of the molecule is COc1ccccc1N1CCN(C(=O)c2oc3ccccc3c2NC(=O)c2ccc(C)cc2)CC1. The summed E-state index contributed by atoms with van der Waals surface area (Å²) in [6.45, 7) is 4.35. The molecule has 0 aliphatic carbocycles. The highest BCUT2D eigenvalue weighted by Crippen LogP contribution is 2.33. The maximum absolute atomic E-state index is 13.6. The zero-order valence-electron chi connectivity index (χ0n) is 19.8. The number of nitrogens with one attached hydrogen (secondary N) is 1. The van der Waals surface area contributed by atoms with Crippen molar-refractivity contribution >= 4 is 34.2 Å². The largest absolute Gasteiger partial charge is 0.495 e. The molecule has 7 nitrogen and oxygen atoms in total. The number of aryl methyl sites for hydroxylation is 1. The summed E-state index contributed by atoms with van der Waals surface area (Å²) in [5.41, 5.74) is 3.56. The van der Waals surface area contributed by atoms with E-state index >= 15 is 0 Å². The molecule has 3 aromatic carbocycles. The molecule has 0 saturated carbocycles. The molecule has 1 saturated heterocycles. The highest BCUT2D eigenvalue weighted by atomic mass is 16.5. The van der Waals surface area contributed by atoms with E-state index < -0.39 is 0 Å². The number of anilines is 2. The summed E-state index contributed by atoms with van der Waals surface area (Å²) in [4.78, 5) is 30.5. The predicted octanol–water partition coefficient (Wildman–Crippen LogP) is 4.96. The van der Waals surface area contributed by atoms with Crippen LogP contribution < -0.4 is 15.0 Å². The van der Waals surface area contributed by atoms with Gasteiger partial charge in [-0.05, 0) is 43.3 Å². The molecule has 5 rings (SSSR count). The van der Waals surface area contributed by atoms with Crippen LogP contribution in [0, 0.1) is 6.92 Å². The highest BCUT2D eigenvalue weighted by molar-refractivity contribution is 6.14. The van der Waals surface area contributed by atoms with Crippen molar-refractivity contribution < 1.29 is 18.7 Å². The van der Waals surface area contributed by atoms with Gasteiger partial charge in [-0.15, -0.1) is 0 Å². The summed E-state index contributed by atoms with van der Waals surface area (Å²) in [7, 11) is 1.66. The lowest BCUT2D eigenvalue weighted by Crippen LogP contribution is -2.49. The van der Waals surface area contributed by atoms with Crippen LogP contribution in [0.3, 0.4) is 0 Å². The van der Waals surface area contributed by atoms with Gasteiger partial charge in [0.05, 0.1) is 12.8 Å². The third-order valence-electron chi connectivity index (χ3n) is 6.33. The number of hydrogen-bond donors (Lipinski definition) is 1. The number of amides is 2. The van der Waals surface area contributed by atoms with Crippen molar-refractivity contribution in [1.29, 1.82) is 0 Å². The van der Waals surface area contributed by atoms with Crippen LogP contribution in [0.15, 0.2) is 77.2 Å². The molecule has 2 heterocycles. The minimum atomic E-state index is -0.286. The molecule has 0 bridgehead atoms. The number of para-hydroxylation sites is 3. The Morgan fingerprint density at radius 3 is 2.31 bits per heavy atom. The van der Waals surface area contributed by atoms with E-state index in [9.17, 15) is 9.59 Å². The lowest BCUT2D eigenvalue weighted by atomic mass is 10.1. The number of hydrogen-bond acceptors (Lipinski definition) is 5. The first-order valence-electron chi connectivity index (χ1n) is 11.6. The van der Waals surface area contributed by atoms with E-state index in [-0.39, 0.29) is 17.6 Å². The van der Waals surface area contributed by atoms with Crippen molar-refractivity contribution in [3.63, 3.8) is 0 Å². The number of nitrogens with zero attached hydrogens (tertiary/aromatic N) is 2. The Hall–Kier alpha value is -4.26. The van der Waals surface area contributed by atoms with Crippen molar-refractivity contribution in [2.45, 2.75) is 6.92 Å². The van der Waals surface area contributed by atoms with Gasteiger partial charge in [-0.3, -0.25) is 9.59 Å². The number of benzene rings is 3. The Morgan fingerprint density at radius 1 is 0.886 bits per heavy atom. The molecule has 4 aromatic rings. The summed E-state index contributed by atoms with van der Waals surface area (Å²) in [6.07, 6.45) is 0. The van der Waals surface area contributed by atoms with Gasteiger partial charge in [0, 0.05) is 37.1 Å². The fourth-order valence-corrected chi connectivity index (χ4v) is 4.40. The molecule has 1 aromatic heterocycles. The zero-order valence-corrected chi connectivity index (χ0v) is 19.8. The maximum Gasteiger partial charge on any atom is 0.291 e. The maximum atomic E-state index is 13.6. The number of ether oxygens (including phenoxy) is 1. The first kappa shape index (κ1) is 22.5. The smallest absolute Gasteiger partial charge is 0.291 e. The van der Waals surface area contributed by atoms with E-state index in [0.29, 0.717) is 48.4 Å². The van der Waals surface area contributed by atoms with Gasteiger partial charge in [0.15, 0.2) is 0 Å². The normalized spacial score (nSPS) is 13.7. The summed E-state index contributed by atoms with van der Waals surface area (Å²) in [5.74, 6) is 0.440. The van der Waals surface area contributed by atoms with Crippen molar-refractivity contribution in [3.05, 3.63) is 89.7 Å². The summed E-state index contributed by atoms with van der Waals surface area (Å²) in [5, 5.41) is 3.63. The van der Waals surface area contributed by atoms with Crippen LogP contribution in [-0.4, -0.2) is 50.0 Å². The summed E-state index contributed by atoms with van der Waals surface area (Å²) >= 11 is 0. The fourth-order valence-electron chi connectivity index (χ4n) is 4.40. The second kappa shape index (κ2) is 9.54. The fraction of sp³-hybridized carbons (Fsp3) is 0.214. The Labute approximate surface area is 203 Å². The second-order valence-electron chi connectivity index (χ2n) is 8.57. The van der Waals surface area contributed by atoms with E-state index in [4.69, 9.17) is 9.15 Å². The minimum Gasteiger partial charge on any atom is -0.495 e. The van der Waals surface area contributed by atoms with Gasteiger partial charge < -0.3 is 24.3 Å². The third kappa shape index (κ3) is 4.45. The zero-order chi connectivity index (χ0) is 24.4. The number of furan rings is 1. The molecule has 2 amide bonds. The number of piperazine rings is 1. The molecule has 0 spiro atoms. The van der Waals surface area contributed by atoms with Crippen LogP contribution in [0.2, 0.25) is 0 Å². The van der Waals surface area contributed by atoms with Crippen LogP contribution in [0.4, 0.5) is 11.4 Å². The van der Waals surface area contributed by atoms with Crippen LogP contribution >= 0.6 is 0 Å². The van der Waals surface area contributed by atoms with Crippen LogP contribution in [0.25, 0.3) is 11.0 Å². The molecule has 1 aliphatic heterocycles. The first-order chi connectivity index (χ1) is 17.0. The van der Waals surface area contributed by atoms with E-state index in [2.05, 4.69) is 10.2 Å². The van der Waals surface area contributed by atoms with Gasteiger partial charge in [0.2, 0.25) is 5.76 Å². The quantitative estimate of drug-likeness (QED) is 0.447. The van der Waals surface area contributed by atoms with E-state index in [1.54, 1.807) is 30.2 Å². The number of methoxy groups -OCH3 is 1. The second-order valence-corrected chi connectivity index (χ2v) is 8.57. The topological polar surface area (TPSA) is 75.0 Å². The Kier molecular flexibility index (Phi) is 6.14. The Bertz CT molecular complexity index is 1370. The van der Waals surface area contributed by atoms with Crippen molar-refractivity contribution in [3.8, 4) is 5.75 Å². The van der Waals surface area contributed by atoms with Crippen LogP contribution in [0.5, 0.6) is 5.75 Å². The monoisotopic (exact) mass is 469 g/mol.